The van der Waals surface area contributed by atoms with E-state index in [4.69, 9.17) is 15.9 Å². The first-order chi connectivity index (χ1) is 12.1. The summed E-state index contributed by atoms with van der Waals surface area (Å²) in [5.41, 5.74) is 5.50. The number of likely N-dealkylation sites (tertiary alicyclic amines) is 1. The van der Waals surface area contributed by atoms with Crippen LogP contribution in [0.2, 0.25) is 0 Å². The maximum absolute atomic E-state index is 12.4. The van der Waals surface area contributed by atoms with Crippen molar-refractivity contribution in [1.82, 2.24) is 15.5 Å². The topological polar surface area (TPSA) is 182 Å². The summed E-state index contributed by atoms with van der Waals surface area (Å²) in [6.45, 7) is 2.34. The molecule has 1 fully saturated rings. The molecule has 1 saturated heterocycles. The summed E-state index contributed by atoms with van der Waals surface area (Å²) in [7, 11) is 0. The number of carboxylic acids is 1. The van der Waals surface area contributed by atoms with E-state index in [9.17, 15) is 24.3 Å². The lowest BCUT2D eigenvalue weighted by molar-refractivity contribution is -0.145. The second-order valence-corrected chi connectivity index (χ2v) is 6.27. The number of aliphatic hydroxyl groups is 2. The summed E-state index contributed by atoms with van der Waals surface area (Å²) >= 11 is 0. The van der Waals surface area contributed by atoms with Gasteiger partial charge in [0.05, 0.1) is 12.7 Å². The highest BCUT2D eigenvalue weighted by molar-refractivity contribution is 5.94. The number of carbonyl (C=O) groups is 4. The van der Waals surface area contributed by atoms with Gasteiger partial charge in [0.1, 0.15) is 18.1 Å². The largest absolute Gasteiger partial charge is 0.480 e. The molecule has 0 saturated carbocycles. The summed E-state index contributed by atoms with van der Waals surface area (Å²) < 4.78 is 0. The van der Waals surface area contributed by atoms with Gasteiger partial charge in [-0.3, -0.25) is 14.4 Å². The standard InChI is InChI=1S/C15H26N4O7/c1-7(12(22)18-11(8(2)21)15(25)26)17-13(23)10-4-3-5-19(10)14(24)9(16)6-20/h7-11,20-21H,3-6,16H2,1-2H3,(H,17,23)(H,18,22)(H,25,26). The Balaban J connectivity index is 2.69. The molecule has 1 rings (SSSR count). The summed E-state index contributed by atoms with van der Waals surface area (Å²) in [6.07, 6.45) is -0.358. The Kier molecular flexibility index (Phi) is 7.93. The Bertz CT molecular complexity index is 554. The van der Waals surface area contributed by atoms with Crippen molar-refractivity contribution in [3.8, 4) is 0 Å². The Labute approximate surface area is 150 Å². The Hall–Kier alpha value is -2.24. The predicted molar refractivity (Wildman–Crippen MR) is 88.6 cm³/mol. The highest BCUT2D eigenvalue weighted by Crippen LogP contribution is 2.18. The smallest absolute Gasteiger partial charge is 0.328 e. The first-order valence-electron chi connectivity index (χ1n) is 8.28. The maximum Gasteiger partial charge on any atom is 0.328 e. The fourth-order valence-corrected chi connectivity index (χ4v) is 2.64. The molecule has 26 heavy (non-hydrogen) atoms. The van der Waals surface area contributed by atoms with Crippen LogP contribution < -0.4 is 16.4 Å². The number of amides is 3. The van der Waals surface area contributed by atoms with E-state index in [2.05, 4.69) is 10.6 Å². The second kappa shape index (κ2) is 9.46. The highest BCUT2D eigenvalue weighted by atomic mass is 16.4. The van der Waals surface area contributed by atoms with E-state index in [0.29, 0.717) is 19.4 Å². The lowest BCUT2D eigenvalue weighted by Crippen LogP contribution is -2.57. The predicted octanol–water partition coefficient (Wildman–Crippen LogP) is -3.25. The number of hydrogen-bond donors (Lipinski definition) is 6. The molecule has 5 atom stereocenters. The zero-order valence-electron chi connectivity index (χ0n) is 14.7. The van der Waals surface area contributed by atoms with Crippen LogP contribution in [0.3, 0.4) is 0 Å². The second-order valence-electron chi connectivity index (χ2n) is 6.27. The molecule has 3 amide bonds. The molecule has 148 valence electrons. The van der Waals surface area contributed by atoms with Crippen molar-refractivity contribution in [2.24, 2.45) is 5.73 Å². The molecule has 0 bridgehead atoms. The lowest BCUT2D eigenvalue weighted by atomic mass is 10.1. The average Bonchev–Trinajstić information content (AvgIpc) is 3.06. The zero-order chi connectivity index (χ0) is 20.0. The first-order valence-corrected chi connectivity index (χ1v) is 8.28. The highest BCUT2D eigenvalue weighted by Gasteiger charge is 2.37. The van der Waals surface area contributed by atoms with Crippen molar-refractivity contribution in [3.05, 3.63) is 0 Å². The van der Waals surface area contributed by atoms with Gasteiger partial charge in [0.15, 0.2) is 6.04 Å². The minimum Gasteiger partial charge on any atom is -0.480 e. The van der Waals surface area contributed by atoms with Crippen LogP contribution >= 0.6 is 0 Å². The lowest BCUT2D eigenvalue weighted by Gasteiger charge is -2.27. The number of nitrogens with zero attached hydrogens (tertiary/aromatic N) is 1. The van der Waals surface area contributed by atoms with Gasteiger partial charge in [0.2, 0.25) is 17.7 Å². The molecule has 0 aromatic rings. The minimum absolute atomic E-state index is 0.314. The van der Waals surface area contributed by atoms with Crippen LogP contribution in [0.5, 0.6) is 0 Å². The molecule has 0 radical (unpaired) electrons. The van der Waals surface area contributed by atoms with Gasteiger partial charge in [0.25, 0.3) is 0 Å². The molecule has 1 heterocycles. The minimum atomic E-state index is -1.51. The van der Waals surface area contributed by atoms with E-state index in [1.807, 2.05) is 0 Å². The van der Waals surface area contributed by atoms with Crippen molar-refractivity contribution >= 4 is 23.7 Å². The van der Waals surface area contributed by atoms with E-state index < -0.39 is 60.6 Å². The van der Waals surface area contributed by atoms with Crippen LogP contribution in [0, 0.1) is 0 Å². The number of carbonyl (C=O) groups excluding carboxylic acids is 3. The van der Waals surface area contributed by atoms with Crippen LogP contribution in [0.15, 0.2) is 0 Å². The molecular formula is C15H26N4O7. The van der Waals surface area contributed by atoms with Gasteiger partial charge in [-0.1, -0.05) is 0 Å². The normalized spacial score (nSPS) is 21.4. The molecule has 1 aliphatic rings. The van der Waals surface area contributed by atoms with E-state index in [1.54, 1.807) is 0 Å². The number of hydrogen-bond acceptors (Lipinski definition) is 7. The fourth-order valence-electron chi connectivity index (χ4n) is 2.64. The van der Waals surface area contributed by atoms with E-state index in [-0.39, 0.29) is 0 Å². The van der Waals surface area contributed by atoms with E-state index >= 15 is 0 Å². The third-order valence-corrected chi connectivity index (χ3v) is 4.15. The first kappa shape index (κ1) is 21.8. The van der Waals surface area contributed by atoms with Crippen LogP contribution in [-0.2, 0) is 19.2 Å². The fraction of sp³-hybridized carbons (Fsp3) is 0.733. The summed E-state index contributed by atoms with van der Waals surface area (Å²) in [5.74, 6) is -3.32. The van der Waals surface area contributed by atoms with Gasteiger partial charge in [-0.05, 0) is 26.7 Å². The van der Waals surface area contributed by atoms with Gasteiger partial charge < -0.3 is 36.6 Å². The van der Waals surface area contributed by atoms with Crippen molar-refractivity contribution in [2.75, 3.05) is 13.2 Å². The Morgan fingerprint density at radius 1 is 1.23 bits per heavy atom. The quantitative estimate of drug-likeness (QED) is 0.256. The molecule has 0 aromatic carbocycles. The molecule has 0 aromatic heterocycles. The van der Waals surface area contributed by atoms with Gasteiger partial charge >= 0.3 is 5.97 Å². The number of carboxylic acid groups (broad SMARTS) is 1. The average molecular weight is 374 g/mol. The number of aliphatic hydroxyl groups excluding tert-OH is 2. The van der Waals surface area contributed by atoms with Gasteiger partial charge in [-0.15, -0.1) is 0 Å². The zero-order valence-corrected chi connectivity index (χ0v) is 14.7. The van der Waals surface area contributed by atoms with E-state index in [1.165, 1.54) is 18.7 Å². The van der Waals surface area contributed by atoms with Crippen molar-refractivity contribution < 1.29 is 34.5 Å². The molecule has 1 aliphatic heterocycles. The van der Waals surface area contributed by atoms with Crippen LogP contribution in [0.4, 0.5) is 0 Å². The van der Waals surface area contributed by atoms with Crippen LogP contribution in [0.25, 0.3) is 0 Å². The third kappa shape index (κ3) is 5.38. The van der Waals surface area contributed by atoms with Gasteiger partial charge in [-0.25, -0.2) is 4.79 Å². The number of nitrogens with two attached hydrogens (primary N) is 1. The Morgan fingerprint density at radius 3 is 2.35 bits per heavy atom. The van der Waals surface area contributed by atoms with Gasteiger partial charge in [0, 0.05) is 6.54 Å². The number of nitrogens with one attached hydrogen (secondary N) is 2. The Morgan fingerprint density at radius 2 is 1.85 bits per heavy atom. The summed E-state index contributed by atoms with van der Waals surface area (Å²) in [5, 5.41) is 31.9. The van der Waals surface area contributed by atoms with Crippen molar-refractivity contribution in [2.45, 2.75) is 57.0 Å². The van der Waals surface area contributed by atoms with Gasteiger partial charge in [-0.2, -0.15) is 0 Å². The number of aliphatic carboxylic acids is 1. The molecule has 7 N–H and O–H groups in total. The summed E-state index contributed by atoms with van der Waals surface area (Å²) in [4.78, 5) is 48.8. The molecule has 0 aliphatic carbocycles. The van der Waals surface area contributed by atoms with Crippen LogP contribution in [0.1, 0.15) is 26.7 Å². The molecule has 11 nitrogen and oxygen atoms in total. The molecule has 5 unspecified atom stereocenters. The molecule has 11 heteroatoms. The van der Waals surface area contributed by atoms with Crippen molar-refractivity contribution in [1.29, 1.82) is 0 Å². The van der Waals surface area contributed by atoms with Crippen LogP contribution in [-0.4, -0.2) is 87.3 Å². The monoisotopic (exact) mass is 374 g/mol. The summed E-state index contributed by atoms with van der Waals surface area (Å²) in [6, 6.07) is -4.52. The van der Waals surface area contributed by atoms with Crippen molar-refractivity contribution in [3.63, 3.8) is 0 Å². The molecule has 0 spiro atoms. The van der Waals surface area contributed by atoms with E-state index in [0.717, 1.165) is 0 Å². The number of rotatable bonds is 8. The maximum atomic E-state index is 12.4. The molecular weight excluding hydrogens is 348 g/mol. The third-order valence-electron chi connectivity index (χ3n) is 4.15. The SMILES string of the molecule is CC(NC(=O)C1CCCN1C(=O)C(N)CO)C(=O)NC(C(=O)O)C(C)O.